The Labute approximate surface area is 145 Å². The lowest BCUT2D eigenvalue weighted by molar-refractivity contribution is 0.0698. The van der Waals surface area contributed by atoms with Gasteiger partial charge in [-0.05, 0) is 55.3 Å². The number of anilines is 1. The van der Waals surface area contributed by atoms with E-state index in [2.05, 4.69) is 5.32 Å². The molecular weight excluding hydrogens is 337 g/mol. The van der Waals surface area contributed by atoms with Gasteiger partial charge in [0.15, 0.2) is 0 Å². The van der Waals surface area contributed by atoms with Crippen molar-refractivity contribution in [1.29, 1.82) is 0 Å². The lowest BCUT2D eigenvalue weighted by Gasteiger charge is -2.11. The summed E-state index contributed by atoms with van der Waals surface area (Å²) in [6, 6.07) is 10.3. The van der Waals surface area contributed by atoms with E-state index in [0.717, 1.165) is 17.7 Å². The van der Waals surface area contributed by atoms with E-state index in [9.17, 15) is 4.79 Å². The average Bonchev–Trinajstić information content (AvgIpc) is 2.51. The van der Waals surface area contributed by atoms with Crippen molar-refractivity contribution in [2.24, 2.45) is 0 Å². The van der Waals surface area contributed by atoms with Crippen LogP contribution in [0, 0.1) is 6.92 Å². The van der Waals surface area contributed by atoms with Crippen LogP contribution in [0.15, 0.2) is 36.4 Å². The fourth-order valence-electron chi connectivity index (χ4n) is 2.04. The highest BCUT2D eigenvalue weighted by Crippen LogP contribution is 2.22. The number of hydrogen-bond donors (Lipinski definition) is 2. The van der Waals surface area contributed by atoms with E-state index in [-0.39, 0.29) is 5.56 Å². The maximum Gasteiger partial charge on any atom is 0.337 e. The first-order valence-electron chi connectivity index (χ1n) is 7.13. The summed E-state index contributed by atoms with van der Waals surface area (Å²) in [5.74, 6) is -0.243. The lowest BCUT2D eigenvalue weighted by Crippen LogP contribution is -2.10. The maximum atomic E-state index is 11.2. The van der Waals surface area contributed by atoms with Gasteiger partial charge in [-0.25, -0.2) is 4.79 Å². The zero-order chi connectivity index (χ0) is 16.8. The number of rotatable bonds is 7. The zero-order valence-electron chi connectivity index (χ0n) is 12.6. The third-order valence-electron chi connectivity index (χ3n) is 3.25. The molecule has 0 aromatic heterocycles. The van der Waals surface area contributed by atoms with Crippen LogP contribution in [0.5, 0.6) is 5.75 Å². The SMILES string of the molecule is Cc1cc(OCCCNc2ccc(Cl)cc2C(=O)O)ccc1Cl. The summed E-state index contributed by atoms with van der Waals surface area (Å²) in [7, 11) is 0. The molecule has 2 rings (SSSR count). The number of halogens is 2. The van der Waals surface area contributed by atoms with Crippen molar-refractivity contribution in [3.63, 3.8) is 0 Å². The first-order chi connectivity index (χ1) is 11.0. The Morgan fingerprint density at radius 1 is 1.22 bits per heavy atom. The third-order valence-corrected chi connectivity index (χ3v) is 3.91. The molecule has 0 atom stereocenters. The van der Waals surface area contributed by atoms with Crippen LogP contribution in [-0.2, 0) is 0 Å². The number of hydrogen-bond acceptors (Lipinski definition) is 3. The molecule has 0 amide bonds. The molecule has 0 aliphatic heterocycles. The Morgan fingerprint density at radius 2 is 2.00 bits per heavy atom. The minimum Gasteiger partial charge on any atom is -0.494 e. The fourth-order valence-corrected chi connectivity index (χ4v) is 2.33. The smallest absolute Gasteiger partial charge is 0.337 e. The van der Waals surface area contributed by atoms with Crippen LogP contribution in [0.3, 0.4) is 0 Å². The molecule has 0 unspecified atom stereocenters. The van der Waals surface area contributed by atoms with Crippen LogP contribution in [0.25, 0.3) is 0 Å². The highest BCUT2D eigenvalue weighted by molar-refractivity contribution is 6.31. The molecule has 0 fully saturated rings. The summed E-state index contributed by atoms with van der Waals surface area (Å²) < 4.78 is 5.64. The van der Waals surface area contributed by atoms with Crippen LogP contribution in [-0.4, -0.2) is 24.2 Å². The monoisotopic (exact) mass is 353 g/mol. The number of carbonyl (C=O) groups is 1. The number of benzene rings is 2. The second-order valence-electron chi connectivity index (χ2n) is 5.03. The molecule has 4 nitrogen and oxygen atoms in total. The van der Waals surface area contributed by atoms with Crippen molar-refractivity contribution < 1.29 is 14.6 Å². The summed E-state index contributed by atoms with van der Waals surface area (Å²) in [6.07, 6.45) is 0.726. The Balaban J connectivity index is 1.81. The maximum absolute atomic E-state index is 11.2. The number of aromatic carboxylic acids is 1. The highest BCUT2D eigenvalue weighted by Gasteiger charge is 2.10. The molecule has 0 saturated carbocycles. The van der Waals surface area contributed by atoms with Crippen LogP contribution < -0.4 is 10.1 Å². The van der Waals surface area contributed by atoms with Gasteiger partial charge >= 0.3 is 5.97 Å². The molecule has 2 aromatic rings. The molecule has 122 valence electrons. The van der Waals surface area contributed by atoms with Crippen molar-refractivity contribution >= 4 is 34.9 Å². The molecule has 0 aliphatic rings. The van der Waals surface area contributed by atoms with Gasteiger partial charge in [0.1, 0.15) is 5.75 Å². The Morgan fingerprint density at radius 3 is 2.70 bits per heavy atom. The Bertz CT molecular complexity index is 704. The van der Waals surface area contributed by atoms with Gasteiger partial charge < -0.3 is 15.2 Å². The number of nitrogens with one attached hydrogen (secondary N) is 1. The van der Waals surface area contributed by atoms with E-state index in [0.29, 0.717) is 28.9 Å². The number of ether oxygens (including phenoxy) is 1. The molecule has 0 bridgehead atoms. The predicted molar refractivity (Wildman–Crippen MR) is 93.2 cm³/mol. The van der Waals surface area contributed by atoms with Gasteiger partial charge in [0, 0.05) is 22.3 Å². The van der Waals surface area contributed by atoms with Crippen LogP contribution in [0.2, 0.25) is 10.0 Å². The molecule has 23 heavy (non-hydrogen) atoms. The second-order valence-corrected chi connectivity index (χ2v) is 5.88. The third kappa shape index (κ3) is 5.05. The molecule has 2 N–H and O–H groups in total. The standard InChI is InChI=1S/C17H17Cl2NO3/c1-11-9-13(4-5-15(11)19)23-8-2-7-20-16-6-3-12(18)10-14(16)17(21)22/h3-6,9-10,20H,2,7-8H2,1H3,(H,21,22). The van der Waals surface area contributed by atoms with Crippen molar-refractivity contribution in [2.45, 2.75) is 13.3 Å². The summed E-state index contributed by atoms with van der Waals surface area (Å²) in [4.78, 5) is 11.2. The van der Waals surface area contributed by atoms with Crippen LogP contribution in [0.1, 0.15) is 22.3 Å². The van der Waals surface area contributed by atoms with Gasteiger partial charge in [0.05, 0.1) is 12.2 Å². The first-order valence-corrected chi connectivity index (χ1v) is 7.88. The Kier molecular flexibility index (Phi) is 6.13. The van der Waals surface area contributed by atoms with Crippen LogP contribution >= 0.6 is 23.2 Å². The molecule has 0 spiro atoms. The molecule has 0 saturated heterocycles. The Hall–Kier alpha value is -1.91. The van der Waals surface area contributed by atoms with E-state index < -0.39 is 5.97 Å². The molecule has 0 radical (unpaired) electrons. The fraction of sp³-hybridized carbons (Fsp3) is 0.235. The predicted octanol–water partition coefficient (Wildman–Crippen LogP) is 4.88. The second kappa shape index (κ2) is 8.09. The van der Waals surface area contributed by atoms with E-state index in [1.165, 1.54) is 6.07 Å². The quantitative estimate of drug-likeness (QED) is 0.696. The highest BCUT2D eigenvalue weighted by atomic mass is 35.5. The number of aryl methyl sites for hydroxylation is 1. The van der Waals surface area contributed by atoms with Gasteiger partial charge in [-0.1, -0.05) is 23.2 Å². The van der Waals surface area contributed by atoms with Crippen molar-refractivity contribution in [1.82, 2.24) is 0 Å². The van der Waals surface area contributed by atoms with E-state index in [1.54, 1.807) is 18.2 Å². The van der Waals surface area contributed by atoms with Gasteiger partial charge in [0.25, 0.3) is 0 Å². The summed E-state index contributed by atoms with van der Waals surface area (Å²) in [5, 5.41) is 13.4. The minimum atomic E-state index is -1.01. The van der Waals surface area contributed by atoms with Crippen molar-refractivity contribution in [2.75, 3.05) is 18.5 Å². The number of carboxylic acids is 1. The van der Waals surface area contributed by atoms with Gasteiger partial charge in [-0.2, -0.15) is 0 Å². The average molecular weight is 354 g/mol. The zero-order valence-corrected chi connectivity index (χ0v) is 14.1. The van der Waals surface area contributed by atoms with E-state index in [4.69, 9.17) is 33.0 Å². The largest absolute Gasteiger partial charge is 0.494 e. The normalized spacial score (nSPS) is 10.4. The van der Waals surface area contributed by atoms with Crippen molar-refractivity contribution in [3.05, 3.63) is 57.6 Å². The molecule has 0 heterocycles. The van der Waals surface area contributed by atoms with Gasteiger partial charge in [-0.3, -0.25) is 0 Å². The molecule has 6 heteroatoms. The first kappa shape index (κ1) is 17.4. The summed E-state index contributed by atoms with van der Waals surface area (Å²) >= 11 is 11.8. The van der Waals surface area contributed by atoms with Crippen molar-refractivity contribution in [3.8, 4) is 5.75 Å². The molecule has 2 aromatic carbocycles. The lowest BCUT2D eigenvalue weighted by atomic mass is 10.2. The van der Waals surface area contributed by atoms with E-state index in [1.807, 2.05) is 19.1 Å². The molecule has 0 aliphatic carbocycles. The molecular formula is C17H17Cl2NO3. The number of carboxylic acid groups (broad SMARTS) is 1. The topological polar surface area (TPSA) is 58.6 Å². The minimum absolute atomic E-state index is 0.159. The van der Waals surface area contributed by atoms with E-state index >= 15 is 0 Å². The van der Waals surface area contributed by atoms with Gasteiger partial charge in [-0.15, -0.1) is 0 Å². The van der Waals surface area contributed by atoms with Crippen LogP contribution in [0.4, 0.5) is 5.69 Å². The summed E-state index contributed by atoms with van der Waals surface area (Å²) in [5.41, 5.74) is 1.67. The summed E-state index contributed by atoms with van der Waals surface area (Å²) in [6.45, 7) is 3.03. The van der Waals surface area contributed by atoms with Gasteiger partial charge in [0.2, 0.25) is 0 Å².